The Bertz CT molecular complexity index is 851. The molecule has 0 fully saturated rings. The Morgan fingerprint density at radius 2 is 2.39 bits per heavy atom. The summed E-state index contributed by atoms with van der Waals surface area (Å²) < 4.78 is 4.16. The van der Waals surface area contributed by atoms with Crippen molar-refractivity contribution in [2.45, 2.75) is 20.0 Å². The molecule has 0 saturated heterocycles. The second-order valence-corrected chi connectivity index (χ2v) is 6.82. The van der Waals surface area contributed by atoms with Gasteiger partial charge in [0.2, 0.25) is 0 Å². The van der Waals surface area contributed by atoms with E-state index in [-0.39, 0.29) is 5.91 Å². The van der Waals surface area contributed by atoms with Crippen LogP contribution in [0.15, 0.2) is 52.6 Å². The van der Waals surface area contributed by atoms with Gasteiger partial charge in [0, 0.05) is 30.9 Å². The molecule has 3 heterocycles. The van der Waals surface area contributed by atoms with Crippen LogP contribution in [-0.4, -0.2) is 15.5 Å². The van der Waals surface area contributed by atoms with E-state index in [1.807, 2.05) is 47.2 Å². The zero-order valence-corrected chi connectivity index (χ0v) is 15.0. The zero-order valence-electron chi connectivity index (χ0n) is 12.6. The Labute approximate surface area is 147 Å². The van der Waals surface area contributed by atoms with E-state index in [2.05, 4.69) is 26.2 Å². The molecule has 0 unspecified atom stereocenters. The maximum Gasteiger partial charge on any atom is 0.268 e. The Morgan fingerprint density at radius 1 is 1.52 bits per heavy atom. The second kappa shape index (κ2) is 7.10. The first-order valence-electron chi connectivity index (χ1n) is 7.25. The van der Waals surface area contributed by atoms with Crippen molar-refractivity contribution < 1.29 is 4.79 Å². The number of rotatable bonds is 5. The van der Waals surface area contributed by atoms with E-state index in [0.717, 1.165) is 20.3 Å². The molecule has 0 aliphatic rings. The maximum atomic E-state index is 12.6. The monoisotopic (exact) mass is 389 g/mol. The van der Waals surface area contributed by atoms with Gasteiger partial charge in [0.05, 0.1) is 14.7 Å². The summed E-state index contributed by atoms with van der Waals surface area (Å²) >= 11 is 5.21. The highest BCUT2D eigenvalue weighted by Gasteiger charge is 2.17. The van der Waals surface area contributed by atoms with E-state index < -0.39 is 0 Å². The molecule has 0 saturated carbocycles. The Hall–Kier alpha value is -1.92. The van der Waals surface area contributed by atoms with Gasteiger partial charge in [-0.25, -0.2) is 0 Å². The number of hydrogen-bond donors (Lipinski definition) is 1. The van der Waals surface area contributed by atoms with Crippen LogP contribution in [0.3, 0.4) is 0 Å². The molecule has 1 N–H and O–H groups in total. The van der Waals surface area contributed by atoms with Crippen molar-refractivity contribution in [1.29, 1.82) is 0 Å². The molecule has 23 heavy (non-hydrogen) atoms. The van der Waals surface area contributed by atoms with Gasteiger partial charge in [-0.3, -0.25) is 9.78 Å². The number of aromatic nitrogens is 2. The number of nitrogens with zero attached hydrogens (tertiary/aromatic N) is 2. The summed E-state index contributed by atoms with van der Waals surface area (Å²) in [4.78, 5) is 16.7. The van der Waals surface area contributed by atoms with Gasteiger partial charge in [0.25, 0.3) is 5.91 Å². The molecule has 0 aromatic carbocycles. The number of fused-ring (bicyclic) bond motifs is 1. The Morgan fingerprint density at radius 3 is 3.13 bits per heavy atom. The summed E-state index contributed by atoms with van der Waals surface area (Å²) in [5.41, 5.74) is 2.73. The van der Waals surface area contributed by atoms with Crippen LogP contribution < -0.4 is 5.32 Å². The fraction of sp³-hybridized carbons (Fsp3) is 0.176. The van der Waals surface area contributed by atoms with Gasteiger partial charge >= 0.3 is 0 Å². The molecule has 0 aliphatic heterocycles. The third kappa shape index (κ3) is 3.38. The summed E-state index contributed by atoms with van der Waals surface area (Å²) in [5, 5.41) is 5.02. The lowest BCUT2D eigenvalue weighted by Gasteiger charge is -2.09. The first-order valence-corrected chi connectivity index (χ1v) is 8.92. The molecular formula is C17H16BrN3OS. The van der Waals surface area contributed by atoms with E-state index in [0.29, 0.717) is 18.8 Å². The quantitative estimate of drug-likeness (QED) is 0.658. The van der Waals surface area contributed by atoms with Crippen LogP contribution in [0.5, 0.6) is 0 Å². The minimum absolute atomic E-state index is 0.0753. The van der Waals surface area contributed by atoms with Crippen LogP contribution in [0.4, 0.5) is 0 Å². The van der Waals surface area contributed by atoms with Crippen LogP contribution in [0, 0.1) is 0 Å². The van der Waals surface area contributed by atoms with Crippen molar-refractivity contribution >= 4 is 43.4 Å². The number of nitrogens with one attached hydrogen (secondary N) is 1. The smallest absolute Gasteiger partial charge is 0.268 e. The summed E-state index contributed by atoms with van der Waals surface area (Å²) in [6.07, 6.45) is 7.51. The van der Waals surface area contributed by atoms with Gasteiger partial charge in [-0.15, -0.1) is 11.3 Å². The van der Waals surface area contributed by atoms with Crippen molar-refractivity contribution in [2.75, 3.05) is 0 Å². The number of amides is 1. The van der Waals surface area contributed by atoms with Gasteiger partial charge in [-0.2, -0.15) is 0 Å². The topological polar surface area (TPSA) is 46.9 Å². The minimum atomic E-state index is -0.0753. The van der Waals surface area contributed by atoms with E-state index in [4.69, 9.17) is 0 Å². The number of hydrogen-bond acceptors (Lipinski definition) is 3. The summed E-state index contributed by atoms with van der Waals surface area (Å²) in [6, 6.07) is 5.76. The lowest BCUT2D eigenvalue weighted by atomic mass is 10.3. The molecule has 6 heteroatoms. The molecule has 0 atom stereocenters. The van der Waals surface area contributed by atoms with Crippen molar-refractivity contribution in [3.05, 3.63) is 63.9 Å². The van der Waals surface area contributed by atoms with E-state index in [1.54, 1.807) is 23.7 Å². The highest BCUT2D eigenvalue weighted by atomic mass is 79.9. The molecule has 4 nitrogen and oxygen atoms in total. The van der Waals surface area contributed by atoms with Crippen molar-refractivity contribution in [1.82, 2.24) is 14.9 Å². The molecular weight excluding hydrogens is 374 g/mol. The Balaban J connectivity index is 1.87. The molecule has 3 aromatic rings. The summed E-state index contributed by atoms with van der Waals surface area (Å²) in [5.74, 6) is -0.0753. The van der Waals surface area contributed by atoms with Crippen molar-refractivity contribution in [3.8, 4) is 0 Å². The highest BCUT2D eigenvalue weighted by molar-refractivity contribution is 9.10. The van der Waals surface area contributed by atoms with Crippen molar-refractivity contribution in [3.63, 3.8) is 0 Å². The normalized spacial score (nSPS) is 11.4. The van der Waals surface area contributed by atoms with Crippen LogP contribution in [-0.2, 0) is 13.1 Å². The predicted molar refractivity (Wildman–Crippen MR) is 97.7 cm³/mol. The van der Waals surface area contributed by atoms with E-state index >= 15 is 0 Å². The molecule has 0 aliphatic carbocycles. The molecule has 3 aromatic heterocycles. The molecule has 3 rings (SSSR count). The lowest BCUT2D eigenvalue weighted by Crippen LogP contribution is -2.25. The molecule has 0 spiro atoms. The fourth-order valence-corrected chi connectivity index (χ4v) is 4.09. The molecule has 0 bridgehead atoms. The third-order valence-electron chi connectivity index (χ3n) is 3.51. The maximum absolute atomic E-state index is 12.6. The number of allylic oxidation sites excluding steroid dienone is 2. The first kappa shape index (κ1) is 16.0. The van der Waals surface area contributed by atoms with E-state index in [9.17, 15) is 4.79 Å². The second-order valence-electron chi connectivity index (χ2n) is 5.05. The van der Waals surface area contributed by atoms with Gasteiger partial charge in [-0.05, 0) is 40.5 Å². The summed E-state index contributed by atoms with van der Waals surface area (Å²) in [6.45, 7) is 3.12. The van der Waals surface area contributed by atoms with Crippen molar-refractivity contribution in [2.24, 2.45) is 0 Å². The van der Waals surface area contributed by atoms with Crippen LogP contribution in [0.2, 0.25) is 0 Å². The SMILES string of the molecule is C/C=C/Cn1c(C(=O)NCc2cccnc2)cc2scc(Br)c21. The highest BCUT2D eigenvalue weighted by Crippen LogP contribution is 2.33. The van der Waals surface area contributed by atoms with Gasteiger partial charge in [-0.1, -0.05) is 18.2 Å². The van der Waals surface area contributed by atoms with Crippen LogP contribution >= 0.6 is 27.3 Å². The average molecular weight is 390 g/mol. The summed E-state index contributed by atoms with van der Waals surface area (Å²) in [7, 11) is 0. The number of carbonyl (C=O) groups excluding carboxylic acids is 1. The average Bonchev–Trinajstić information content (AvgIpc) is 3.12. The largest absolute Gasteiger partial charge is 0.347 e. The van der Waals surface area contributed by atoms with Crippen LogP contribution in [0.1, 0.15) is 23.0 Å². The molecule has 1 amide bonds. The molecule has 0 radical (unpaired) electrons. The van der Waals surface area contributed by atoms with E-state index in [1.165, 1.54) is 0 Å². The number of pyridine rings is 1. The number of carbonyl (C=O) groups is 1. The first-order chi connectivity index (χ1) is 11.2. The van der Waals surface area contributed by atoms with Gasteiger partial charge < -0.3 is 9.88 Å². The lowest BCUT2D eigenvalue weighted by molar-refractivity contribution is 0.0942. The fourth-order valence-electron chi connectivity index (χ4n) is 2.40. The van der Waals surface area contributed by atoms with Gasteiger partial charge in [0.1, 0.15) is 5.69 Å². The third-order valence-corrected chi connectivity index (χ3v) is 5.34. The zero-order chi connectivity index (χ0) is 16.2. The van der Waals surface area contributed by atoms with Gasteiger partial charge in [0.15, 0.2) is 0 Å². The number of thiophene rings is 1. The van der Waals surface area contributed by atoms with Crippen LogP contribution in [0.25, 0.3) is 10.2 Å². The Kier molecular flexibility index (Phi) is 4.93. The minimum Gasteiger partial charge on any atom is -0.347 e. The molecule has 118 valence electrons. The predicted octanol–water partition coefficient (Wildman–Crippen LogP) is 4.37. The number of halogens is 1. The standard InChI is InChI=1S/C17H16BrN3OS/c1-2-3-7-21-14(8-15-16(21)13(18)11-23-15)17(22)20-10-12-5-4-6-19-9-12/h2-6,8-9,11H,7,10H2,1H3,(H,20,22)/b3-2+.